The van der Waals surface area contributed by atoms with E-state index in [9.17, 15) is 14.4 Å². The van der Waals surface area contributed by atoms with Crippen LogP contribution in [0.25, 0.3) is 0 Å². The van der Waals surface area contributed by atoms with Gasteiger partial charge in [-0.2, -0.15) is 5.26 Å². The molecule has 2 aromatic rings. The normalized spacial score (nSPS) is 16.0. The standard InChI is InChI=1S/C20H20FN3O2/c1-26-18-4-2-3-16(13-18)20(25)24-11-9-23(10-12-24)19(14-22)15-5-7-17(21)8-6-15/h2-8,13,19H,9-12H2,1H3/t19-/m0/s1. The first-order valence-corrected chi connectivity index (χ1v) is 8.45. The number of ether oxygens (including phenoxy) is 1. The van der Waals surface area contributed by atoms with E-state index in [4.69, 9.17) is 4.74 Å². The second-order valence-electron chi connectivity index (χ2n) is 6.14. The van der Waals surface area contributed by atoms with Crippen molar-refractivity contribution >= 4 is 5.91 Å². The molecule has 1 aliphatic heterocycles. The summed E-state index contributed by atoms with van der Waals surface area (Å²) in [5, 5.41) is 9.53. The van der Waals surface area contributed by atoms with Gasteiger partial charge in [-0.25, -0.2) is 4.39 Å². The topological polar surface area (TPSA) is 56.6 Å². The number of benzene rings is 2. The molecule has 0 unspecified atom stereocenters. The fourth-order valence-corrected chi connectivity index (χ4v) is 3.13. The number of piperazine rings is 1. The first-order chi connectivity index (χ1) is 12.6. The molecule has 1 saturated heterocycles. The maximum atomic E-state index is 13.1. The molecule has 1 atom stereocenters. The summed E-state index contributed by atoms with van der Waals surface area (Å²) in [4.78, 5) is 16.5. The molecule has 26 heavy (non-hydrogen) atoms. The molecule has 0 aliphatic carbocycles. The van der Waals surface area contributed by atoms with E-state index in [0.29, 0.717) is 37.5 Å². The number of methoxy groups -OCH3 is 1. The van der Waals surface area contributed by atoms with Crippen LogP contribution in [0.2, 0.25) is 0 Å². The third kappa shape index (κ3) is 3.84. The lowest BCUT2D eigenvalue weighted by molar-refractivity contribution is 0.0606. The molecule has 0 radical (unpaired) electrons. The second kappa shape index (κ2) is 7.98. The molecule has 3 rings (SSSR count). The van der Waals surface area contributed by atoms with Gasteiger partial charge in [-0.05, 0) is 35.9 Å². The highest BCUT2D eigenvalue weighted by Gasteiger charge is 2.27. The number of carbonyl (C=O) groups is 1. The van der Waals surface area contributed by atoms with Gasteiger partial charge >= 0.3 is 0 Å². The summed E-state index contributed by atoms with van der Waals surface area (Å²) >= 11 is 0. The number of amides is 1. The molecule has 134 valence electrons. The summed E-state index contributed by atoms with van der Waals surface area (Å²) < 4.78 is 18.3. The van der Waals surface area contributed by atoms with Crippen molar-refractivity contribution < 1.29 is 13.9 Å². The summed E-state index contributed by atoms with van der Waals surface area (Å²) in [7, 11) is 1.57. The molecule has 0 spiro atoms. The number of hydrogen-bond donors (Lipinski definition) is 0. The van der Waals surface area contributed by atoms with Crippen LogP contribution >= 0.6 is 0 Å². The minimum atomic E-state index is -0.440. The van der Waals surface area contributed by atoms with Gasteiger partial charge in [0.2, 0.25) is 0 Å². The third-order valence-electron chi connectivity index (χ3n) is 4.59. The molecule has 6 heteroatoms. The number of nitrogens with zero attached hydrogens (tertiary/aromatic N) is 3. The van der Waals surface area contributed by atoms with Crippen molar-refractivity contribution in [2.45, 2.75) is 6.04 Å². The van der Waals surface area contributed by atoms with Crippen molar-refractivity contribution in [2.24, 2.45) is 0 Å². The molecule has 0 bridgehead atoms. The molecule has 2 aromatic carbocycles. The van der Waals surface area contributed by atoms with Gasteiger partial charge in [0.1, 0.15) is 17.6 Å². The van der Waals surface area contributed by atoms with Gasteiger partial charge in [0.25, 0.3) is 5.91 Å². The quantitative estimate of drug-likeness (QED) is 0.848. The molecule has 5 nitrogen and oxygen atoms in total. The van der Waals surface area contributed by atoms with Gasteiger partial charge < -0.3 is 9.64 Å². The van der Waals surface area contributed by atoms with Crippen LogP contribution in [0.15, 0.2) is 48.5 Å². The summed E-state index contributed by atoms with van der Waals surface area (Å²) in [6, 6.07) is 14.9. The lowest BCUT2D eigenvalue weighted by Gasteiger charge is -2.37. The average Bonchev–Trinajstić information content (AvgIpc) is 2.70. The first kappa shape index (κ1) is 17.9. The Balaban J connectivity index is 1.65. The highest BCUT2D eigenvalue weighted by Crippen LogP contribution is 2.23. The molecular weight excluding hydrogens is 333 g/mol. The fourth-order valence-electron chi connectivity index (χ4n) is 3.13. The number of carbonyl (C=O) groups excluding carboxylic acids is 1. The van der Waals surface area contributed by atoms with E-state index >= 15 is 0 Å². The summed E-state index contributed by atoms with van der Waals surface area (Å²) in [5.74, 6) is 0.285. The van der Waals surface area contributed by atoms with Crippen molar-refractivity contribution in [3.63, 3.8) is 0 Å². The summed E-state index contributed by atoms with van der Waals surface area (Å²) in [5.41, 5.74) is 1.36. The van der Waals surface area contributed by atoms with Crippen LogP contribution in [0.5, 0.6) is 5.75 Å². The maximum absolute atomic E-state index is 13.1. The predicted octanol–water partition coefficient (Wildman–Crippen LogP) is 2.86. The van der Waals surface area contributed by atoms with Crippen LogP contribution in [-0.4, -0.2) is 49.0 Å². The number of rotatable bonds is 4. The van der Waals surface area contributed by atoms with Crippen molar-refractivity contribution in [3.8, 4) is 11.8 Å². The monoisotopic (exact) mass is 353 g/mol. The zero-order valence-electron chi connectivity index (χ0n) is 14.6. The van der Waals surface area contributed by atoms with Gasteiger partial charge in [-0.1, -0.05) is 18.2 Å². The van der Waals surface area contributed by atoms with Gasteiger partial charge in [-0.15, -0.1) is 0 Å². The Morgan fingerprint density at radius 3 is 2.46 bits per heavy atom. The summed E-state index contributed by atoms with van der Waals surface area (Å²) in [6.45, 7) is 2.25. The SMILES string of the molecule is COc1cccc(C(=O)N2CCN([C@@H](C#N)c3ccc(F)cc3)CC2)c1. The maximum Gasteiger partial charge on any atom is 0.254 e. The van der Waals surface area contributed by atoms with Crippen LogP contribution in [0.4, 0.5) is 4.39 Å². The van der Waals surface area contributed by atoms with Gasteiger partial charge in [0, 0.05) is 31.7 Å². The number of hydrogen-bond acceptors (Lipinski definition) is 4. The van der Waals surface area contributed by atoms with E-state index in [1.54, 1.807) is 48.4 Å². The number of halogens is 1. The highest BCUT2D eigenvalue weighted by atomic mass is 19.1. The Labute approximate surface area is 152 Å². The van der Waals surface area contributed by atoms with Crippen LogP contribution in [0, 0.1) is 17.1 Å². The second-order valence-corrected chi connectivity index (χ2v) is 6.14. The van der Waals surface area contributed by atoms with E-state index in [2.05, 4.69) is 6.07 Å². The lowest BCUT2D eigenvalue weighted by Crippen LogP contribution is -2.49. The molecular formula is C20H20FN3O2. The Morgan fingerprint density at radius 1 is 1.15 bits per heavy atom. The first-order valence-electron chi connectivity index (χ1n) is 8.45. The minimum Gasteiger partial charge on any atom is -0.497 e. The fraction of sp³-hybridized carbons (Fsp3) is 0.300. The van der Waals surface area contributed by atoms with Crippen LogP contribution in [-0.2, 0) is 0 Å². The Kier molecular flexibility index (Phi) is 5.49. The van der Waals surface area contributed by atoms with Crippen LogP contribution in [0.1, 0.15) is 22.0 Å². The van der Waals surface area contributed by atoms with E-state index in [-0.39, 0.29) is 11.7 Å². The molecule has 1 fully saturated rings. The van der Waals surface area contributed by atoms with Crippen LogP contribution in [0.3, 0.4) is 0 Å². The zero-order valence-corrected chi connectivity index (χ0v) is 14.6. The molecule has 1 heterocycles. The van der Waals surface area contributed by atoms with Crippen molar-refractivity contribution in [1.82, 2.24) is 9.80 Å². The lowest BCUT2D eigenvalue weighted by atomic mass is 10.1. The smallest absolute Gasteiger partial charge is 0.254 e. The Bertz CT molecular complexity index is 809. The van der Waals surface area contributed by atoms with Crippen LogP contribution < -0.4 is 4.74 Å². The molecule has 0 saturated carbocycles. The van der Waals surface area contributed by atoms with E-state index in [1.165, 1.54) is 12.1 Å². The molecule has 1 amide bonds. The average molecular weight is 353 g/mol. The number of nitriles is 1. The molecule has 1 aliphatic rings. The minimum absolute atomic E-state index is 0.0427. The zero-order chi connectivity index (χ0) is 18.5. The van der Waals surface area contributed by atoms with E-state index in [0.717, 1.165) is 5.56 Å². The molecule has 0 N–H and O–H groups in total. The van der Waals surface area contributed by atoms with E-state index in [1.807, 2.05) is 4.90 Å². The van der Waals surface area contributed by atoms with Crippen molar-refractivity contribution in [1.29, 1.82) is 5.26 Å². The largest absolute Gasteiger partial charge is 0.497 e. The van der Waals surface area contributed by atoms with Crippen molar-refractivity contribution in [2.75, 3.05) is 33.3 Å². The van der Waals surface area contributed by atoms with Crippen molar-refractivity contribution in [3.05, 3.63) is 65.5 Å². The molecule has 0 aromatic heterocycles. The third-order valence-corrected chi connectivity index (χ3v) is 4.59. The predicted molar refractivity (Wildman–Crippen MR) is 95.2 cm³/mol. The highest BCUT2D eigenvalue weighted by molar-refractivity contribution is 5.94. The van der Waals surface area contributed by atoms with Gasteiger partial charge in [0.05, 0.1) is 13.2 Å². The van der Waals surface area contributed by atoms with E-state index < -0.39 is 6.04 Å². The Morgan fingerprint density at radius 2 is 1.85 bits per heavy atom. The van der Waals surface area contributed by atoms with Gasteiger partial charge in [-0.3, -0.25) is 9.69 Å². The Hall–Kier alpha value is -2.91. The summed E-state index contributed by atoms with van der Waals surface area (Å²) in [6.07, 6.45) is 0. The van der Waals surface area contributed by atoms with Gasteiger partial charge in [0.15, 0.2) is 0 Å².